The largest absolute Gasteiger partial charge is 0.357 e. The normalized spacial score (nSPS) is 20.3. The Bertz CT molecular complexity index is 648. The smallest absolute Gasteiger partial charge is 0.191 e. The van der Waals surface area contributed by atoms with Crippen LogP contribution in [-0.4, -0.2) is 33.8 Å². The van der Waals surface area contributed by atoms with Crippen LogP contribution in [0, 0.1) is 5.92 Å². The fourth-order valence-electron chi connectivity index (χ4n) is 2.76. The summed E-state index contributed by atoms with van der Waals surface area (Å²) in [5.74, 6) is 3.08. The fourth-order valence-corrected chi connectivity index (χ4v) is 2.76. The number of aryl methyl sites for hydroxylation is 1. The molecular weight excluding hydrogens is 288 g/mol. The first kappa shape index (κ1) is 15.5. The maximum atomic E-state index is 4.59. The quantitative estimate of drug-likeness (QED) is 0.629. The van der Waals surface area contributed by atoms with Crippen LogP contribution in [0.1, 0.15) is 30.7 Å². The van der Waals surface area contributed by atoms with E-state index in [2.05, 4.69) is 63.0 Å². The average molecular weight is 312 g/mol. The van der Waals surface area contributed by atoms with Gasteiger partial charge in [0.05, 0.1) is 0 Å². The van der Waals surface area contributed by atoms with E-state index in [1.807, 2.05) is 7.05 Å². The summed E-state index contributed by atoms with van der Waals surface area (Å²) in [7, 11) is 1.88. The molecule has 0 radical (unpaired) electrons. The van der Waals surface area contributed by atoms with Gasteiger partial charge in [0, 0.05) is 20.1 Å². The highest BCUT2D eigenvalue weighted by Gasteiger charge is 2.37. The molecule has 1 aliphatic carbocycles. The van der Waals surface area contributed by atoms with Gasteiger partial charge in [-0.3, -0.25) is 4.68 Å². The Morgan fingerprint density at radius 1 is 1.30 bits per heavy atom. The standard InChI is InChI=1S/C17H24N6/c1-3-18-17(20-11-16-21-12-22-23(16)2)19-10-14-9-15(14)13-7-5-4-6-8-13/h4-8,12,14-15H,3,9-11H2,1-2H3,(H2,18,19,20). The second-order valence-electron chi connectivity index (χ2n) is 5.89. The van der Waals surface area contributed by atoms with Crippen molar-refractivity contribution in [2.75, 3.05) is 13.1 Å². The number of guanidine groups is 1. The molecule has 6 heteroatoms. The molecule has 1 heterocycles. The van der Waals surface area contributed by atoms with Gasteiger partial charge in [0.15, 0.2) is 5.96 Å². The number of hydrogen-bond acceptors (Lipinski definition) is 3. The number of nitrogens with one attached hydrogen (secondary N) is 2. The zero-order chi connectivity index (χ0) is 16.1. The van der Waals surface area contributed by atoms with Gasteiger partial charge in [0.25, 0.3) is 0 Å². The molecular formula is C17H24N6. The lowest BCUT2D eigenvalue weighted by Crippen LogP contribution is -2.38. The van der Waals surface area contributed by atoms with Gasteiger partial charge in [-0.15, -0.1) is 0 Å². The molecule has 2 N–H and O–H groups in total. The number of benzene rings is 1. The van der Waals surface area contributed by atoms with E-state index < -0.39 is 0 Å². The van der Waals surface area contributed by atoms with Crippen LogP contribution >= 0.6 is 0 Å². The van der Waals surface area contributed by atoms with Gasteiger partial charge in [-0.1, -0.05) is 30.3 Å². The highest BCUT2D eigenvalue weighted by molar-refractivity contribution is 5.79. The Morgan fingerprint density at radius 2 is 2.13 bits per heavy atom. The SMILES string of the molecule is CCNC(=NCc1ncnn1C)NCC1CC1c1ccccc1. The molecule has 23 heavy (non-hydrogen) atoms. The van der Waals surface area contributed by atoms with Crippen molar-refractivity contribution >= 4 is 5.96 Å². The topological polar surface area (TPSA) is 67.1 Å². The van der Waals surface area contributed by atoms with Crippen molar-refractivity contribution in [2.24, 2.45) is 18.0 Å². The summed E-state index contributed by atoms with van der Waals surface area (Å²) in [5.41, 5.74) is 1.44. The van der Waals surface area contributed by atoms with Crippen LogP contribution < -0.4 is 10.6 Å². The predicted octanol–water partition coefficient (Wildman–Crippen LogP) is 1.67. The molecule has 1 aliphatic rings. The Kier molecular flexibility index (Phi) is 4.90. The summed E-state index contributed by atoms with van der Waals surface area (Å²) in [5, 5.41) is 10.8. The van der Waals surface area contributed by atoms with E-state index in [1.54, 1.807) is 11.0 Å². The summed E-state index contributed by atoms with van der Waals surface area (Å²) in [6, 6.07) is 10.7. The molecule has 122 valence electrons. The molecule has 1 saturated carbocycles. The molecule has 0 bridgehead atoms. The first-order valence-corrected chi connectivity index (χ1v) is 8.18. The third kappa shape index (κ3) is 4.09. The fraction of sp³-hybridized carbons (Fsp3) is 0.471. The van der Waals surface area contributed by atoms with Crippen molar-refractivity contribution in [1.82, 2.24) is 25.4 Å². The van der Waals surface area contributed by atoms with E-state index in [-0.39, 0.29) is 0 Å². The van der Waals surface area contributed by atoms with E-state index in [0.29, 0.717) is 18.4 Å². The zero-order valence-electron chi connectivity index (χ0n) is 13.7. The molecule has 1 aromatic carbocycles. The maximum Gasteiger partial charge on any atom is 0.191 e. The van der Waals surface area contributed by atoms with E-state index in [1.165, 1.54) is 12.0 Å². The molecule has 1 aromatic heterocycles. The van der Waals surface area contributed by atoms with Crippen molar-refractivity contribution in [1.29, 1.82) is 0 Å². The van der Waals surface area contributed by atoms with Gasteiger partial charge < -0.3 is 10.6 Å². The van der Waals surface area contributed by atoms with Gasteiger partial charge in [-0.2, -0.15) is 5.10 Å². The van der Waals surface area contributed by atoms with Crippen LogP contribution in [0.4, 0.5) is 0 Å². The minimum absolute atomic E-state index is 0.526. The second-order valence-corrected chi connectivity index (χ2v) is 5.89. The number of nitrogens with zero attached hydrogens (tertiary/aromatic N) is 4. The monoisotopic (exact) mass is 312 g/mol. The van der Waals surface area contributed by atoms with Crippen LogP contribution in [0.15, 0.2) is 41.7 Å². The van der Waals surface area contributed by atoms with Crippen LogP contribution in [-0.2, 0) is 13.6 Å². The lowest BCUT2D eigenvalue weighted by Gasteiger charge is -2.11. The average Bonchev–Trinajstić information content (AvgIpc) is 3.25. The van der Waals surface area contributed by atoms with Gasteiger partial charge >= 0.3 is 0 Å². The Labute approximate surface area is 137 Å². The molecule has 0 saturated heterocycles. The Morgan fingerprint density at radius 3 is 2.83 bits per heavy atom. The number of aliphatic imine (C=N–C) groups is 1. The van der Waals surface area contributed by atoms with Crippen molar-refractivity contribution in [3.05, 3.63) is 48.0 Å². The summed E-state index contributed by atoms with van der Waals surface area (Å²) >= 11 is 0. The molecule has 0 aliphatic heterocycles. The van der Waals surface area contributed by atoms with Gasteiger partial charge in [-0.25, -0.2) is 9.98 Å². The number of rotatable bonds is 6. The van der Waals surface area contributed by atoms with Crippen LogP contribution in [0.3, 0.4) is 0 Å². The van der Waals surface area contributed by atoms with E-state index >= 15 is 0 Å². The van der Waals surface area contributed by atoms with Crippen LogP contribution in [0.25, 0.3) is 0 Å². The molecule has 1 fully saturated rings. The molecule has 2 aromatic rings. The first-order chi connectivity index (χ1) is 11.3. The van der Waals surface area contributed by atoms with Gasteiger partial charge in [0.2, 0.25) is 0 Å². The zero-order valence-corrected chi connectivity index (χ0v) is 13.7. The van der Waals surface area contributed by atoms with Crippen molar-refractivity contribution in [2.45, 2.75) is 25.8 Å². The number of aromatic nitrogens is 3. The number of hydrogen-bond donors (Lipinski definition) is 2. The lowest BCUT2D eigenvalue weighted by atomic mass is 10.1. The lowest BCUT2D eigenvalue weighted by molar-refractivity contribution is 0.690. The second kappa shape index (κ2) is 7.26. The summed E-state index contributed by atoms with van der Waals surface area (Å²) < 4.78 is 1.75. The Hall–Kier alpha value is -2.37. The minimum Gasteiger partial charge on any atom is -0.357 e. The Balaban J connectivity index is 1.51. The molecule has 6 nitrogen and oxygen atoms in total. The predicted molar refractivity (Wildman–Crippen MR) is 91.1 cm³/mol. The highest BCUT2D eigenvalue weighted by Crippen LogP contribution is 2.46. The van der Waals surface area contributed by atoms with E-state index in [9.17, 15) is 0 Å². The first-order valence-electron chi connectivity index (χ1n) is 8.18. The van der Waals surface area contributed by atoms with E-state index in [0.717, 1.165) is 24.9 Å². The van der Waals surface area contributed by atoms with Gasteiger partial charge in [0.1, 0.15) is 18.7 Å². The molecule has 2 unspecified atom stereocenters. The van der Waals surface area contributed by atoms with Crippen molar-refractivity contribution in [3.8, 4) is 0 Å². The maximum absolute atomic E-state index is 4.59. The van der Waals surface area contributed by atoms with Crippen molar-refractivity contribution in [3.63, 3.8) is 0 Å². The molecule has 3 rings (SSSR count). The molecule has 2 atom stereocenters. The summed E-state index contributed by atoms with van der Waals surface area (Å²) in [4.78, 5) is 8.78. The third-order valence-corrected chi connectivity index (χ3v) is 4.21. The summed E-state index contributed by atoms with van der Waals surface area (Å²) in [6.45, 7) is 4.39. The molecule has 0 amide bonds. The van der Waals surface area contributed by atoms with Crippen LogP contribution in [0.2, 0.25) is 0 Å². The van der Waals surface area contributed by atoms with Gasteiger partial charge in [-0.05, 0) is 30.7 Å². The molecule has 0 spiro atoms. The third-order valence-electron chi connectivity index (χ3n) is 4.21. The van der Waals surface area contributed by atoms with E-state index in [4.69, 9.17) is 0 Å². The minimum atomic E-state index is 0.526. The van der Waals surface area contributed by atoms with Crippen molar-refractivity contribution < 1.29 is 0 Å². The summed E-state index contributed by atoms with van der Waals surface area (Å²) in [6.07, 6.45) is 2.81. The van der Waals surface area contributed by atoms with Crippen LogP contribution in [0.5, 0.6) is 0 Å². The highest BCUT2D eigenvalue weighted by atomic mass is 15.3.